The third kappa shape index (κ3) is 4.41. The molecule has 0 aromatic heterocycles. The van der Waals surface area contributed by atoms with Crippen LogP contribution in [0.25, 0.3) is 0 Å². The molecule has 8 nitrogen and oxygen atoms in total. The fourth-order valence-electron chi connectivity index (χ4n) is 4.60. The van der Waals surface area contributed by atoms with Crippen molar-refractivity contribution < 1.29 is 18.9 Å². The first-order chi connectivity index (χ1) is 15.1. The smallest absolute Gasteiger partial charge is 0.402 e. The van der Waals surface area contributed by atoms with E-state index in [4.69, 9.17) is 14.3 Å². The molecule has 2 saturated heterocycles. The SMILES string of the molecule is CC1OB(C2=CC3C=C(C=C2)C(C)(C)NC([C@@H]2CCCN2C(=O)CNC=O)=N3)OC1(C)C. The molecule has 2 N–H and O–H groups in total. The molecule has 4 aliphatic rings. The highest BCUT2D eigenvalue weighted by molar-refractivity contribution is 6.55. The molecule has 2 amide bonds. The maximum atomic E-state index is 12.7. The maximum Gasteiger partial charge on any atom is 0.494 e. The van der Waals surface area contributed by atoms with E-state index in [1.165, 1.54) is 0 Å². The summed E-state index contributed by atoms with van der Waals surface area (Å²) >= 11 is 0. The number of fused-ring (bicyclic) bond motifs is 1. The summed E-state index contributed by atoms with van der Waals surface area (Å²) in [4.78, 5) is 30.2. The van der Waals surface area contributed by atoms with Gasteiger partial charge in [0.1, 0.15) is 5.84 Å². The maximum absolute atomic E-state index is 12.7. The molecule has 32 heavy (non-hydrogen) atoms. The van der Waals surface area contributed by atoms with Gasteiger partial charge in [-0.2, -0.15) is 0 Å². The van der Waals surface area contributed by atoms with Gasteiger partial charge in [0.2, 0.25) is 12.3 Å². The predicted molar refractivity (Wildman–Crippen MR) is 124 cm³/mol. The second-order valence-electron chi connectivity index (χ2n) is 9.95. The molecule has 0 aromatic rings. The van der Waals surface area contributed by atoms with Gasteiger partial charge in [0, 0.05) is 6.54 Å². The Balaban J connectivity index is 1.63. The number of nitrogens with one attached hydrogen (secondary N) is 2. The van der Waals surface area contributed by atoms with Crippen LogP contribution in [0, 0.1) is 0 Å². The third-order valence-corrected chi connectivity index (χ3v) is 6.83. The van der Waals surface area contributed by atoms with E-state index in [1.54, 1.807) is 0 Å². The van der Waals surface area contributed by atoms with E-state index in [0.717, 1.165) is 29.7 Å². The molecule has 4 rings (SSSR count). The lowest BCUT2D eigenvalue weighted by Gasteiger charge is -2.33. The summed E-state index contributed by atoms with van der Waals surface area (Å²) in [7, 11) is -0.431. The van der Waals surface area contributed by atoms with Crippen molar-refractivity contribution in [2.45, 2.75) is 76.8 Å². The van der Waals surface area contributed by atoms with Crippen LogP contribution in [0.5, 0.6) is 0 Å². The minimum atomic E-state index is -0.431. The molecule has 1 aliphatic carbocycles. The molecule has 0 spiro atoms. The number of nitrogens with zero attached hydrogens (tertiary/aromatic N) is 2. The van der Waals surface area contributed by atoms with Gasteiger partial charge >= 0.3 is 7.12 Å². The number of aliphatic imine (C=N–C) groups is 1. The highest BCUT2D eigenvalue weighted by Gasteiger charge is 2.45. The normalized spacial score (nSPS) is 30.5. The number of amides is 2. The monoisotopic (exact) mass is 440 g/mol. The Labute approximate surface area is 190 Å². The summed E-state index contributed by atoms with van der Waals surface area (Å²) in [5, 5.41) is 6.08. The number of allylic oxidation sites excluding steroid dienone is 2. The van der Waals surface area contributed by atoms with Crippen LogP contribution in [-0.4, -0.2) is 72.6 Å². The second-order valence-corrected chi connectivity index (χ2v) is 9.95. The van der Waals surface area contributed by atoms with Gasteiger partial charge in [0.05, 0.1) is 35.9 Å². The van der Waals surface area contributed by atoms with Gasteiger partial charge in [0.15, 0.2) is 0 Å². The molecule has 0 radical (unpaired) electrons. The van der Waals surface area contributed by atoms with Crippen LogP contribution in [0.3, 0.4) is 0 Å². The predicted octanol–water partition coefficient (Wildman–Crippen LogP) is 1.54. The van der Waals surface area contributed by atoms with Gasteiger partial charge in [-0.3, -0.25) is 14.6 Å². The number of carbonyl (C=O) groups is 2. The molecular formula is C23H33BN4O4. The van der Waals surface area contributed by atoms with E-state index in [1.807, 2.05) is 25.7 Å². The number of hydrogen-bond donors (Lipinski definition) is 2. The summed E-state index contributed by atoms with van der Waals surface area (Å²) in [6, 6.07) is -0.334. The number of carbonyl (C=O) groups excluding carboxylic acids is 2. The Morgan fingerprint density at radius 1 is 1.34 bits per heavy atom. The average Bonchev–Trinajstić information content (AvgIpc) is 3.20. The fraction of sp³-hybridized carbons (Fsp3) is 0.609. The van der Waals surface area contributed by atoms with Crippen LogP contribution >= 0.6 is 0 Å². The molecule has 3 aliphatic heterocycles. The third-order valence-electron chi connectivity index (χ3n) is 6.83. The van der Waals surface area contributed by atoms with Crippen LogP contribution in [0.1, 0.15) is 47.5 Å². The molecule has 172 valence electrons. The quantitative estimate of drug-likeness (QED) is 0.500. The van der Waals surface area contributed by atoms with E-state index < -0.39 is 7.12 Å². The molecule has 2 unspecified atom stereocenters. The van der Waals surface area contributed by atoms with Crippen molar-refractivity contribution in [1.29, 1.82) is 0 Å². The van der Waals surface area contributed by atoms with Gasteiger partial charge in [-0.1, -0.05) is 24.3 Å². The van der Waals surface area contributed by atoms with Crippen LogP contribution in [0.2, 0.25) is 0 Å². The lowest BCUT2D eigenvalue weighted by atomic mass is 9.77. The first kappa shape index (κ1) is 22.8. The molecule has 3 heterocycles. The Morgan fingerprint density at radius 3 is 2.81 bits per heavy atom. The number of likely N-dealkylation sites (tertiary alicyclic amines) is 1. The fourth-order valence-corrected chi connectivity index (χ4v) is 4.60. The summed E-state index contributed by atoms with van der Waals surface area (Å²) < 4.78 is 12.3. The van der Waals surface area contributed by atoms with Crippen LogP contribution < -0.4 is 10.6 Å². The van der Waals surface area contributed by atoms with Crippen LogP contribution in [-0.2, 0) is 18.9 Å². The van der Waals surface area contributed by atoms with E-state index in [0.29, 0.717) is 13.0 Å². The molecule has 2 fully saturated rings. The zero-order valence-corrected chi connectivity index (χ0v) is 19.6. The highest BCUT2D eigenvalue weighted by Crippen LogP contribution is 2.33. The summed E-state index contributed by atoms with van der Waals surface area (Å²) in [6.45, 7) is 11.0. The van der Waals surface area contributed by atoms with E-state index in [-0.39, 0.29) is 41.8 Å². The van der Waals surface area contributed by atoms with Crippen molar-refractivity contribution in [3.63, 3.8) is 0 Å². The standard InChI is InChI=1S/C23H33BN4O4/c1-15-23(4,5)32-24(31-15)17-9-8-16-11-18(12-17)26-21(27-22(16,2)3)19-7-6-10-28(19)20(30)13-25-14-29/h8-9,11-12,14-15,18-19H,6-7,10,13H2,1-5H3,(H,25,29)(H,26,27)/t15?,18?,19-/m0/s1. The first-order valence-corrected chi connectivity index (χ1v) is 11.4. The van der Waals surface area contributed by atoms with E-state index >= 15 is 0 Å². The van der Waals surface area contributed by atoms with Gasteiger partial charge < -0.3 is 24.8 Å². The summed E-state index contributed by atoms with van der Waals surface area (Å²) in [5.41, 5.74) is 1.35. The first-order valence-electron chi connectivity index (χ1n) is 11.4. The van der Waals surface area contributed by atoms with Crippen LogP contribution in [0.4, 0.5) is 0 Å². The Kier molecular flexibility index (Phi) is 6.07. The van der Waals surface area contributed by atoms with Crippen molar-refractivity contribution >= 4 is 25.3 Å². The van der Waals surface area contributed by atoms with Crippen molar-refractivity contribution in [3.8, 4) is 0 Å². The minimum Gasteiger partial charge on any atom is -0.402 e. The minimum absolute atomic E-state index is 0.000712. The lowest BCUT2D eigenvalue weighted by molar-refractivity contribution is -0.131. The second kappa shape index (κ2) is 8.52. The molecule has 3 atom stereocenters. The Morgan fingerprint density at radius 2 is 2.12 bits per heavy atom. The molecule has 0 saturated carbocycles. The lowest BCUT2D eigenvalue weighted by Crippen LogP contribution is -2.53. The largest absolute Gasteiger partial charge is 0.494 e. The van der Waals surface area contributed by atoms with Crippen molar-refractivity contribution in [1.82, 2.24) is 15.5 Å². The van der Waals surface area contributed by atoms with Crippen LogP contribution in [0.15, 0.2) is 40.3 Å². The Bertz CT molecular complexity index is 908. The summed E-state index contributed by atoms with van der Waals surface area (Å²) in [6.07, 6.45) is 10.7. The van der Waals surface area contributed by atoms with Gasteiger partial charge in [0.25, 0.3) is 0 Å². The Hall–Kier alpha value is -2.39. The summed E-state index contributed by atoms with van der Waals surface area (Å²) in [5.74, 6) is 0.708. The van der Waals surface area contributed by atoms with Gasteiger partial charge in [-0.25, -0.2) is 0 Å². The molecule has 0 aromatic carbocycles. The van der Waals surface area contributed by atoms with Crippen molar-refractivity contribution in [2.24, 2.45) is 4.99 Å². The zero-order valence-electron chi connectivity index (χ0n) is 19.6. The van der Waals surface area contributed by atoms with Gasteiger partial charge in [-0.15, -0.1) is 0 Å². The average molecular weight is 440 g/mol. The highest BCUT2D eigenvalue weighted by atomic mass is 16.7. The number of hydrogen-bond acceptors (Lipinski definition) is 6. The number of rotatable bonds is 5. The van der Waals surface area contributed by atoms with Crippen molar-refractivity contribution in [2.75, 3.05) is 13.1 Å². The van der Waals surface area contributed by atoms with Gasteiger partial charge in [-0.05, 0) is 58.5 Å². The van der Waals surface area contributed by atoms with E-state index in [9.17, 15) is 9.59 Å². The van der Waals surface area contributed by atoms with E-state index in [2.05, 4.69) is 48.8 Å². The van der Waals surface area contributed by atoms with Crippen molar-refractivity contribution in [3.05, 3.63) is 35.3 Å². The zero-order chi connectivity index (χ0) is 23.1. The number of amidine groups is 1. The molecule has 2 bridgehead atoms. The molecular weight excluding hydrogens is 407 g/mol. The molecule has 9 heteroatoms. The topological polar surface area (TPSA) is 92.3 Å².